The van der Waals surface area contributed by atoms with E-state index in [1.165, 1.54) is 31.4 Å². The van der Waals surface area contributed by atoms with Gasteiger partial charge >= 0.3 is 0 Å². The summed E-state index contributed by atoms with van der Waals surface area (Å²) >= 11 is 0. The molecule has 6 rings (SSSR count). The number of hydrogen-bond donors (Lipinski definition) is 1. The summed E-state index contributed by atoms with van der Waals surface area (Å²) in [7, 11) is -0.642. The monoisotopic (exact) mass is 460 g/mol. The largest absolute Gasteiger partial charge is 0.497 e. The zero-order valence-electron chi connectivity index (χ0n) is 18.8. The first-order valence-electron chi connectivity index (χ1n) is 11.9. The van der Waals surface area contributed by atoms with Gasteiger partial charge < -0.3 is 14.8 Å². The summed E-state index contributed by atoms with van der Waals surface area (Å²) in [6.45, 7) is 1.58. The second-order valence-electron chi connectivity index (χ2n) is 10.6. The van der Waals surface area contributed by atoms with Gasteiger partial charge in [-0.1, -0.05) is 0 Å². The van der Waals surface area contributed by atoms with Crippen molar-refractivity contribution in [2.45, 2.75) is 43.4 Å². The molecule has 1 aromatic rings. The van der Waals surface area contributed by atoms with Crippen molar-refractivity contribution < 1.29 is 22.7 Å². The molecule has 1 N–H and O–H groups in total. The number of nitrogens with zero attached hydrogens (tertiary/aromatic N) is 1. The highest BCUT2D eigenvalue weighted by molar-refractivity contribution is 7.89. The molecule has 5 atom stereocenters. The number of benzene rings is 1. The van der Waals surface area contributed by atoms with Crippen LogP contribution in [-0.2, 0) is 14.8 Å². The molecule has 7 nitrogen and oxygen atoms in total. The summed E-state index contributed by atoms with van der Waals surface area (Å²) in [5.41, 5.74) is 0.365. The van der Waals surface area contributed by atoms with Crippen LogP contribution in [0.1, 0.15) is 38.5 Å². The molecule has 4 aliphatic carbocycles. The van der Waals surface area contributed by atoms with Crippen LogP contribution in [0, 0.1) is 34.5 Å². The van der Waals surface area contributed by atoms with E-state index in [4.69, 9.17) is 9.47 Å². The molecule has 3 unspecified atom stereocenters. The molecule has 32 heavy (non-hydrogen) atoms. The SMILES string of the molecule is COc1ccc(S(=O)(=O)N2CCC(CNC(=O)C34C[C@H]5CC6C[C@@H](C3)C654)CC2)c(OC)c1. The Bertz CT molecular complexity index is 1040. The van der Waals surface area contributed by atoms with Gasteiger partial charge in [0.15, 0.2) is 0 Å². The number of carbonyl (C=O) groups is 1. The summed E-state index contributed by atoms with van der Waals surface area (Å²) in [5.74, 6) is 3.94. The topological polar surface area (TPSA) is 84.9 Å². The lowest BCUT2D eigenvalue weighted by molar-refractivity contribution is -0.413. The highest BCUT2D eigenvalue weighted by Crippen LogP contribution is 2.92. The van der Waals surface area contributed by atoms with E-state index in [-0.39, 0.29) is 16.2 Å². The molecule has 1 aromatic carbocycles. The number of carbonyl (C=O) groups excluding carboxylic acids is 1. The first-order chi connectivity index (χ1) is 15.4. The van der Waals surface area contributed by atoms with Gasteiger partial charge in [0, 0.05) is 25.7 Å². The van der Waals surface area contributed by atoms with Gasteiger partial charge in [-0.2, -0.15) is 4.31 Å². The lowest BCUT2D eigenvalue weighted by Gasteiger charge is -2.90. The van der Waals surface area contributed by atoms with Crippen molar-refractivity contribution in [2.75, 3.05) is 33.9 Å². The molecule has 5 aliphatic rings. The maximum absolute atomic E-state index is 13.2. The van der Waals surface area contributed by atoms with Gasteiger partial charge in [-0.15, -0.1) is 0 Å². The van der Waals surface area contributed by atoms with Crippen molar-refractivity contribution in [2.24, 2.45) is 34.5 Å². The van der Waals surface area contributed by atoms with Crippen LogP contribution in [0.5, 0.6) is 11.5 Å². The second-order valence-corrected chi connectivity index (χ2v) is 12.5. The number of hydrogen-bond acceptors (Lipinski definition) is 5. The van der Waals surface area contributed by atoms with E-state index < -0.39 is 10.0 Å². The molecule has 0 aromatic heterocycles. The molecule has 1 heterocycles. The van der Waals surface area contributed by atoms with Crippen LogP contribution in [0.2, 0.25) is 0 Å². The first-order valence-corrected chi connectivity index (χ1v) is 13.3. The molecule has 1 aliphatic heterocycles. The summed E-state index contributed by atoms with van der Waals surface area (Å²) in [4.78, 5) is 13.3. The Labute approximate surface area is 189 Å². The van der Waals surface area contributed by atoms with Crippen LogP contribution in [0.4, 0.5) is 0 Å². The summed E-state index contributed by atoms with van der Waals surface area (Å²) in [6.07, 6.45) is 6.43. The van der Waals surface area contributed by atoms with E-state index in [0.29, 0.717) is 42.5 Å². The number of rotatable bonds is 7. The fourth-order valence-electron chi connectivity index (χ4n) is 8.20. The van der Waals surface area contributed by atoms with Crippen LogP contribution in [-0.4, -0.2) is 52.5 Å². The smallest absolute Gasteiger partial charge is 0.246 e. The molecule has 5 fully saturated rings. The van der Waals surface area contributed by atoms with E-state index in [1.807, 2.05) is 0 Å². The Kier molecular flexibility index (Phi) is 4.45. The average Bonchev–Trinajstić information content (AvgIpc) is 2.75. The molecular formula is C24H32N2O5S. The van der Waals surface area contributed by atoms with Crippen molar-refractivity contribution in [1.29, 1.82) is 0 Å². The third-order valence-electron chi connectivity index (χ3n) is 9.73. The zero-order chi connectivity index (χ0) is 22.3. The van der Waals surface area contributed by atoms with Gasteiger partial charge in [-0.3, -0.25) is 4.79 Å². The molecule has 0 radical (unpaired) electrons. The standard InChI is InChI=1S/C24H32N2O5S/c1-30-19-3-4-21(20(11-19)31-2)32(28,29)26-7-5-15(6-8-26)14-25-22(27)23-12-17-9-16-10-18(13-23)24(16,17)23/h3-4,11,15-18H,5-10,12-14H2,1-2H3,(H,25,27)/t16?,17-,18+,23?,24?. The number of ether oxygens (including phenoxy) is 2. The van der Waals surface area contributed by atoms with Gasteiger partial charge in [0.25, 0.3) is 0 Å². The molecule has 0 bridgehead atoms. The minimum atomic E-state index is -3.64. The van der Waals surface area contributed by atoms with Gasteiger partial charge in [-0.25, -0.2) is 8.42 Å². The van der Waals surface area contributed by atoms with E-state index in [9.17, 15) is 13.2 Å². The number of amides is 1. The summed E-state index contributed by atoms with van der Waals surface area (Å²) in [6, 6.07) is 4.78. The van der Waals surface area contributed by atoms with Crippen LogP contribution in [0.15, 0.2) is 23.1 Å². The fraction of sp³-hybridized carbons (Fsp3) is 0.708. The van der Waals surface area contributed by atoms with E-state index >= 15 is 0 Å². The number of nitrogens with one attached hydrogen (secondary N) is 1. The lowest BCUT2D eigenvalue weighted by Crippen LogP contribution is -2.88. The van der Waals surface area contributed by atoms with E-state index in [0.717, 1.165) is 43.4 Å². The summed E-state index contributed by atoms with van der Waals surface area (Å²) in [5, 5.41) is 3.27. The molecule has 1 saturated heterocycles. The second kappa shape index (κ2) is 6.86. The molecule has 174 valence electrons. The van der Waals surface area contributed by atoms with Gasteiger partial charge in [0.2, 0.25) is 15.9 Å². The first kappa shape index (κ1) is 20.8. The van der Waals surface area contributed by atoms with Crippen molar-refractivity contribution in [3.05, 3.63) is 18.2 Å². The predicted molar refractivity (Wildman–Crippen MR) is 118 cm³/mol. The third-order valence-corrected chi connectivity index (χ3v) is 11.7. The van der Waals surface area contributed by atoms with Gasteiger partial charge in [0.05, 0.1) is 19.6 Å². The van der Waals surface area contributed by atoms with Crippen molar-refractivity contribution >= 4 is 15.9 Å². The quantitative estimate of drug-likeness (QED) is 0.676. The maximum Gasteiger partial charge on any atom is 0.246 e. The Hall–Kier alpha value is -1.80. The Morgan fingerprint density at radius 1 is 1.09 bits per heavy atom. The van der Waals surface area contributed by atoms with Crippen molar-refractivity contribution in [3.63, 3.8) is 0 Å². The minimum absolute atomic E-state index is 0.0432. The highest BCUT2D eigenvalue weighted by Gasteiger charge is 2.89. The average molecular weight is 461 g/mol. The van der Waals surface area contributed by atoms with Gasteiger partial charge in [0.1, 0.15) is 16.4 Å². The van der Waals surface area contributed by atoms with Crippen LogP contribution in [0.3, 0.4) is 0 Å². The predicted octanol–water partition coefficient (Wildman–Crippen LogP) is 2.66. The Morgan fingerprint density at radius 3 is 2.34 bits per heavy atom. The van der Waals surface area contributed by atoms with Crippen molar-refractivity contribution in [3.8, 4) is 11.5 Å². The van der Waals surface area contributed by atoms with Crippen molar-refractivity contribution in [1.82, 2.24) is 9.62 Å². The van der Waals surface area contributed by atoms with Crippen LogP contribution in [0.25, 0.3) is 0 Å². The molecule has 1 spiro atoms. The fourth-order valence-corrected chi connectivity index (χ4v) is 9.81. The van der Waals surface area contributed by atoms with Crippen LogP contribution < -0.4 is 14.8 Å². The molecule has 8 heteroatoms. The summed E-state index contributed by atoms with van der Waals surface area (Å²) < 4.78 is 38.4. The lowest BCUT2D eigenvalue weighted by atomic mass is 9.13. The minimum Gasteiger partial charge on any atom is -0.497 e. The molecule has 4 saturated carbocycles. The third kappa shape index (κ3) is 2.40. The Morgan fingerprint density at radius 2 is 1.78 bits per heavy atom. The van der Waals surface area contributed by atoms with E-state index in [1.54, 1.807) is 18.2 Å². The number of sulfonamides is 1. The molecule has 1 amide bonds. The normalized spacial score (nSPS) is 37.5. The van der Waals surface area contributed by atoms with Gasteiger partial charge in [-0.05, 0) is 79.7 Å². The molecular weight excluding hydrogens is 428 g/mol. The van der Waals surface area contributed by atoms with Crippen LogP contribution >= 0.6 is 0 Å². The highest BCUT2D eigenvalue weighted by atomic mass is 32.2. The zero-order valence-corrected chi connectivity index (χ0v) is 19.6. The Balaban J connectivity index is 1.05. The number of piperidine rings is 1. The number of methoxy groups -OCH3 is 2. The maximum atomic E-state index is 13.2. The van der Waals surface area contributed by atoms with E-state index in [2.05, 4.69) is 5.32 Å².